The van der Waals surface area contributed by atoms with Crippen molar-refractivity contribution in [2.45, 2.75) is 19.4 Å². The number of hydrogen-bond acceptors (Lipinski definition) is 2. The third kappa shape index (κ3) is 4.03. The molecular formula is C12H14ClNO2. The summed E-state index contributed by atoms with van der Waals surface area (Å²) < 4.78 is 0. The van der Waals surface area contributed by atoms with Gasteiger partial charge in [-0.15, -0.1) is 11.6 Å². The third-order valence-electron chi connectivity index (χ3n) is 2.23. The van der Waals surface area contributed by atoms with Gasteiger partial charge in [-0.25, -0.2) is 0 Å². The summed E-state index contributed by atoms with van der Waals surface area (Å²) in [5, 5.41) is 2.59. The van der Waals surface area contributed by atoms with Crippen molar-refractivity contribution in [3.05, 3.63) is 35.9 Å². The molecule has 0 aliphatic heterocycles. The molecule has 1 N–H and O–H groups in total. The standard InChI is InChI=1S/C12H14ClNO2/c1-9(15)11(14-12(16)8-13)7-10-5-3-2-4-6-10/h2-6,11H,7-8H2,1H3,(H,14,16)/t11-/m0/s1. The lowest BCUT2D eigenvalue weighted by atomic mass is 10.0. The van der Waals surface area contributed by atoms with Gasteiger partial charge < -0.3 is 5.32 Å². The van der Waals surface area contributed by atoms with Gasteiger partial charge in [0.15, 0.2) is 5.78 Å². The van der Waals surface area contributed by atoms with Crippen LogP contribution < -0.4 is 5.32 Å². The molecule has 1 aromatic carbocycles. The minimum absolute atomic E-state index is 0.0673. The molecule has 0 saturated carbocycles. The number of ketones is 1. The van der Waals surface area contributed by atoms with Crippen molar-refractivity contribution in [2.75, 3.05) is 5.88 Å². The SMILES string of the molecule is CC(=O)[C@H](Cc1ccccc1)NC(=O)CCl. The quantitative estimate of drug-likeness (QED) is 0.793. The van der Waals surface area contributed by atoms with Gasteiger partial charge in [-0.05, 0) is 18.9 Å². The summed E-state index contributed by atoms with van der Waals surface area (Å²) in [6.07, 6.45) is 0.499. The zero-order valence-electron chi connectivity index (χ0n) is 9.07. The monoisotopic (exact) mass is 239 g/mol. The highest BCUT2D eigenvalue weighted by Crippen LogP contribution is 2.04. The first-order chi connectivity index (χ1) is 7.63. The second-order valence-electron chi connectivity index (χ2n) is 3.55. The molecule has 4 heteroatoms. The van der Waals surface area contributed by atoms with E-state index < -0.39 is 6.04 Å². The zero-order valence-corrected chi connectivity index (χ0v) is 9.83. The van der Waals surface area contributed by atoms with E-state index in [-0.39, 0.29) is 17.6 Å². The molecule has 0 radical (unpaired) electrons. The Morgan fingerprint density at radius 3 is 2.44 bits per heavy atom. The topological polar surface area (TPSA) is 46.2 Å². The van der Waals surface area contributed by atoms with E-state index in [0.717, 1.165) is 5.56 Å². The van der Waals surface area contributed by atoms with Crippen molar-refractivity contribution in [1.29, 1.82) is 0 Å². The second-order valence-corrected chi connectivity index (χ2v) is 3.82. The van der Waals surface area contributed by atoms with Crippen LogP contribution in [0.5, 0.6) is 0 Å². The van der Waals surface area contributed by atoms with Crippen LogP contribution in [0.2, 0.25) is 0 Å². The van der Waals surface area contributed by atoms with Gasteiger partial charge in [0.1, 0.15) is 5.88 Å². The van der Waals surface area contributed by atoms with Crippen LogP contribution in [-0.4, -0.2) is 23.6 Å². The van der Waals surface area contributed by atoms with E-state index in [0.29, 0.717) is 6.42 Å². The largest absolute Gasteiger partial charge is 0.345 e. The summed E-state index contributed by atoms with van der Waals surface area (Å²) in [5.74, 6) is -0.515. The molecule has 16 heavy (non-hydrogen) atoms. The molecule has 0 unspecified atom stereocenters. The fourth-order valence-electron chi connectivity index (χ4n) is 1.38. The van der Waals surface area contributed by atoms with Crippen molar-refractivity contribution >= 4 is 23.3 Å². The molecular weight excluding hydrogens is 226 g/mol. The van der Waals surface area contributed by atoms with Crippen LogP contribution in [0.15, 0.2) is 30.3 Å². The Balaban J connectivity index is 2.65. The number of halogens is 1. The number of hydrogen-bond donors (Lipinski definition) is 1. The molecule has 0 spiro atoms. The maximum atomic E-state index is 11.3. The van der Waals surface area contributed by atoms with Gasteiger partial charge in [0.25, 0.3) is 0 Å². The first kappa shape index (κ1) is 12.7. The van der Waals surface area contributed by atoms with E-state index in [2.05, 4.69) is 5.32 Å². The third-order valence-corrected chi connectivity index (χ3v) is 2.47. The number of benzene rings is 1. The van der Waals surface area contributed by atoms with Crippen LogP contribution in [-0.2, 0) is 16.0 Å². The molecule has 0 fully saturated rings. The molecule has 0 heterocycles. The van der Waals surface area contributed by atoms with Crippen molar-refractivity contribution in [3.8, 4) is 0 Å². The van der Waals surface area contributed by atoms with Gasteiger partial charge in [-0.1, -0.05) is 30.3 Å². The number of Topliss-reactive ketones (excluding diaryl/α,β-unsaturated/α-hetero) is 1. The molecule has 0 bridgehead atoms. The van der Waals surface area contributed by atoms with Crippen molar-refractivity contribution in [2.24, 2.45) is 0 Å². The molecule has 0 aromatic heterocycles. The number of rotatable bonds is 5. The molecule has 1 aromatic rings. The van der Waals surface area contributed by atoms with Gasteiger partial charge in [-0.3, -0.25) is 9.59 Å². The molecule has 0 saturated heterocycles. The molecule has 86 valence electrons. The summed E-state index contributed by atoms with van der Waals surface area (Å²) in [4.78, 5) is 22.5. The smallest absolute Gasteiger partial charge is 0.235 e. The summed E-state index contributed by atoms with van der Waals surface area (Å²) in [6, 6.07) is 9.05. The first-order valence-corrected chi connectivity index (χ1v) is 5.56. The van der Waals surface area contributed by atoms with Crippen LogP contribution >= 0.6 is 11.6 Å². The van der Waals surface area contributed by atoms with Crippen LogP contribution in [0.4, 0.5) is 0 Å². The summed E-state index contributed by atoms with van der Waals surface area (Å²) >= 11 is 5.38. The minimum Gasteiger partial charge on any atom is -0.345 e. The number of amides is 1. The Labute approximate surface area is 99.8 Å². The summed E-state index contributed by atoms with van der Waals surface area (Å²) in [7, 11) is 0. The maximum absolute atomic E-state index is 11.3. The number of carbonyl (C=O) groups excluding carboxylic acids is 2. The normalized spacial score (nSPS) is 11.9. The molecule has 1 rings (SSSR count). The van der Waals surface area contributed by atoms with Crippen molar-refractivity contribution < 1.29 is 9.59 Å². The van der Waals surface area contributed by atoms with Gasteiger partial charge in [0.05, 0.1) is 6.04 Å². The van der Waals surface area contributed by atoms with Crippen LogP contribution in [0.1, 0.15) is 12.5 Å². The average molecular weight is 240 g/mol. The minimum atomic E-state index is -0.492. The van der Waals surface area contributed by atoms with Crippen LogP contribution in [0.3, 0.4) is 0 Å². The van der Waals surface area contributed by atoms with Crippen molar-refractivity contribution in [1.82, 2.24) is 5.32 Å². The number of alkyl halides is 1. The highest BCUT2D eigenvalue weighted by molar-refractivity contribution is 6.27. The Morgan fingerprint density at radius 2 is 1.94 bits per heavy atom. The Morgan fingerprint density at radius 1 is 1.31 bits per heavy atom. The van der Waals surface area contributed by atoms with E-state index in [1.54, 1.807) is 0 Å². The van der Waals surface area contributed by atoms with Crippen LogP contribution in [0.25, 0.3) is 0 Å². The van der Waals surface area contributed by atoms with Gasteiger partial charge in [-0.2, -0.15) is 0 Å². The molecule has 1 atom stereocenters. The lowest BCUT2D eigenvalue weighted by Gasteiger charge is -2.15. The Kier molecular flexibility index (Phi) is 4.99. The predicted octanol–water partition coefficient (Wildman–Crippen LogP) is 1.54. The maximum Gasteiger partial charge on any atom is 0.235 e. The summed E-state index contributed by atoms with van der Waals surface area (Å²) in [6.45, 7) is 1.46. The lowest BCUT2D eigenvalue weighted by molar-refractivity contribution is -0.125. The van der Waals surface area contributed by atoms with E-state index in [4.69, 9.17) is 11.6 Å². The van der Waals surface area contributed by atoms with Crippen LogP contribution in [0, 0.1) is 0 Å². The fourth-order valence-corrected chi connectivity index (χ4v) is 1.46. The van der Waals surface area contributed by atoms with E-state index >= 15 is 0 Å². The molecule has 3 nitrogen and oxygen atoms in total. The summed E-state index contributed by atoms with van der Waals surface area (Å²) in [5.41, 5.74) is 1.01. The zero-order chi connectivity index (χ0) is 12.0. The van der Waals surface area contributed by atoms with Crippen molar-refractivity contribution in [3.63, 3.8) is 0 Å². The van der Waals surface area contributed by atoms with E-state index in [1.807, 2.05) is 30.3 Å². The predicted molar refractivity (Wildman–Crippen MR) is 63.5 cm³/mol. The second kappa shape index (κ2) is 6.28. The number of carbonyl (C=O) groups is 2. The fraction of sp³-hybridized carbons (Fsp3) is 0.333. The molecule has 0 aliphatic rings. The average Bonchev–Trinajstić information content (AvgIpc) is 2.29. The Bertz CT molecular complexity index is 365. The van der Waals surface area contributed by atoms with E-state index in [9.17, 15) is 9.59 Å². The lowest BCUT2D eigenvalue weighted by Crippen LogP contribution is -2.41. The highest BCUT2D eigenvalue weighted by atomic mass is 35.5. The van der Waals surface area contributed by atoms with Gasteiger partial charge in [0, 0.05) is 0 Å². The van der Waals surface area contributed by atoms with E-state index in [1.165, 1.54) is 6.92 Å². The first-order valence-electron chi connectivity index (χ1n) is 5.03. The Hall–Kier alpha value is -1.35. The van der Waals surface area contributed by atoms with Gasteiger partial charge >= 0.3 is 0 Å². The molecule has 1 amide bonds. The van der Waals surface area contributed by atoms with Gasteiger partial charge in [0.2, 0.25) is 5.91 Å². The number of nitrogens with one attached hydrogen (secondary N) is 1. The molecule has 0 aliphatic carbocycles. The highest BCUT2D eigenvalue weighted by Gasteiger charge is 2.16.